The van der Waals surface area contributed by atoms with Gasteiger partial charge in [0, 0.05) is 25.2 Å². The Labute approximate surface area is 186 Å². The van der Waals surface area contributed by atoms with E-state index in [0.717, 1.165) is 18.9 Å². The molecule has 0 aliphatic carbocycles. The number of carbonyl (C=O) groups excluding carboxylic acids is 1. The number of methoxy groups -OCH3 is 2. The molecule has 32 heavy (non-hydrogen) atoms. The summed E-state index contributed by atoms with van der Waals surface area (Å²) in [6, 6.07) is 7.56. The molecule has 1 N–H and O–H groups in total. The summed E-state index contributed by atoms with van der Waals surface area (Å²) >= 11 is 0. The van der Waals surface area contributed by atoms with Crippen molar-refractivity contribution in [3.8, 4) is 11.5 Å². The van der Waals surface area contributed by atoms with Crippen LogP contribution in [-0.4, -0.2) is 51.5 Å². The van der Waals surface area contributed by atoms with Crippen LogP contribution in [0.1, 0.15) is 30.1 Å². The number of rotatable bonds is 7. The number of nitro benzene ring substituents is 1. The van der Waals surface area contributed by atoms with Crippen LogP contribution in [0.15, 0.2) is 41.3 Å². The molecular weight excluding hydrogens is 438 g/mol. The fraction of sp³-hybridized carbons (Fsp3) is 0.381. The van der Waals surface area contributed by atoms with Crippen molar-refractivity contribution in [1.29, 1.82) is 0 Å². The molecule has 3 rings (SSSR count). The number of ether oxygens (including phenoxy) is 2. The normalized spacial score (nSPS) is 14.7. The molecule has 172 valence electrons. The molecule has 0 bridgehead atoms. The maximum atomic E-state index is 13.1. The highest BCUT2D eigenvalue weighted by Gasteiger charge is 2.27. The molecule has 1 saturated heterocycles. The van der Waals surface area contributed by atoms with E-state index in [-0.39, 0.29) is 39.2 Å². The summed E-state index contributed by atoms with van der Waals surface area (Å²) in [5.74, 6) is 0.604. The summed E-state index contributed by atoms with van der Waals surface area (Å²) in [6.07, 6.45) is 1.75. The number of anilines is 1. The van der Waals surface area contributed by atoms with Gasteiger partial charge in [-0.3, -0.25) is 19.6 Å². The number of hydrogen-bond donors (Lipinski definition) is 1. The molecule has 11 heteroatoms. The summed E-state index contributed by atoms with van der Waals surface area (Å²) < 4.78 is 38.8. The van der Waals surface area contributed by atoms with Gasteiger partial charge >= 0.3 is 0 Å². The fourth-order valence-electron chi connectivity index (χ4n) is 3.50. The SMILES string of the molecule is COc1ccc([N+](=O)[O-])cc1NS(=O)(=O)c1ccc(OC)c(C(=O)N2CCC(C)CC2)c1. The molecular formula is C21H25N3O7S. The fourth-order valence-corrected chi connectivity index (χ4v) is 4.58. The Morgan fingerprint density at radius 1 is 1.09 bits per heavy atom. The van der Waals surface area contributed by atoms with Crippen molar-refractivity contribution >= 4 is 27.3 Å². The number of amides is 1. The number of nitrogens with one attached hydrogen (secondary N) is 1. The quantitative estimate of drug-likeness (QED) is 0.493. The van der Waals surface area contributed by atoms with Crippen LogP contribution in [0, 0.1) is 16.0 Å². The first-order valence-electron chi connectivity index (χ1n) is 9.99. The summed E-state index contributed by atoms with van der Waals surface area (Å²) in [5, 5.41) is 11.1. The first kappa shape index (κ1) is 23.3. The van der Waals surface area contributed by atoms with E-state index in [9.17, 15) is 23.3 Å². The molecule has 1 heterocycles. The van der Waals surface area contributed by atoms with E-state index in [1.54, 1.807) is 4.90 Å². The minimum Gasteiger partial charge on any atom is -0.496 e. The second-order valence-electron chi connectivity index (χ2n) is 7.58. The van der Waals surface area contributed by atoms with E-state index in [0.29, 0.717) is 19.0 Å². The van der Waals surface area contributed by atoms with Crippen LogP contribution in [-0.2, 0) is 10.0 Å². The number of hydrogen-bond acceptors (Lipinski definition) is 7. The first-order chi connectivity index (χ1) is 15.2. The van der Waals surface area contributed by atoms with Gasteiger partial charge in [0.05, 0.1) is 35.3 Å². The Kier molecular flexibility index (Phi) is 6.87. The van der Waals surface area contributed by atoms with E-state index >= 15 is 0 Å². The van der Waals surface area contributed by atoms with Gasteiger partial charge in [-0.1, -0.05) is 6.92 Å². The molecule has 1 aliphatic rings. The molecule has 0 unspecified atom stereocenters. The maximum absolute atomic E-state index is 13.1. The van der Waals surface area contributed by atoms with E-state index < -0.39 is 14.9 Å². The molecule has 0 aromatic heterocycles. The molecule has 2 aromatic rings. The van der Waals surface area contributed by atoms with Crippen molar-refractivity contribution in [3.05, 3.63) is 52.1 Å². The maximum Gasteiger partial charge on any atom is 0.271 e. The smallest absolute Gasteiger partial charge is 0.271 e. The molecule has 2 aromatic carbocycles. The standard InChI is InChI=1S/C21H25N3O7S/c1-14-8-10-23(11-9-14)21(25)17-13-16(5-7-19(17)30-2)32(28,29)22-18-12-15(24(26)27)4-6-20(18)31-3/h4-7,12-14,22H,8-11H2,1-3H3. The largest absolute Gasteiger partial charge is 0.496 e. The Morgan fingerprint density at radius 3 is 2.31 bits per heavy atom. The molecule has 10 nitrogen and oxygen atoms in total. The molecule has 1 aliphatic heterocycles. The number of sulfonamides is 1. The Balaban J connectivity index is 1.95. The van der Waals surface area contributed by atoms with E-state index in [4.69, 9.17) is 9.47 Å². The number of nitrogens with zero attached hydrogens (tertiary/aromatic N) is 2. The summed E-state index contributed by atoms with van der Waals surface area (Å²) in [6.45, 7) is 3.30. The molecule has 0 radical (unpaired) electrons. The van der Waals surface area contributed by atoms with Gasteiger partial charge in [0.25, 0.3) is 21.6 Å². The Hall–Kier alpha value is -3.34. The Morgan fingerprint density at radius 2 is 1.72 bits per heavy atom. The van der Waals surface area contributed by atoms with Crippen molar-refractivity contribution in [2.75, 3.05) is 32.0 Å². The van der Waals surface area contributed by atoms with Crippen LogP contribution in [0.4, 0.5) is 11.4 Å². The van der Waals surface area contributed by atoms with E-state index in [1.165, 1.54) is 44.6 Å². The van der Waals surface area contributed by atoms with Gasteiger partial charge in [-0.25, -0.2) is 8.42 Å². The number of carbonyl (C=O) groups is 1. The third-order valence-electron chi connectivity index (χ3n) is 5.42. The van der Waals surface area contributed by atoms with Gasteiger partial charge in [0.1, 0.15) is 11.5 Å². The lowest BCUT2D eigenvalue weighted by molar-refractivity contribution is -0.384. The summed E-state index contributed by atoms with van der Waals surface area (Å²) in [7, 11) is -1.46. The van der Waals surface area contributed by atoms with Crippen LogP contribution >= 0.6 is 0 Å². The van der Waals surface area contributed by atoms with Crippen molar-refractivity contribution < 1.29 is 27.6 Å². The second-order valence-corrected chi connectivity index (χ2v) is 9.27. The van der Waals surface area contributed by atoms with Gasteiger partial charge in [0.15, 0.2) is 0 Å². The topological polar surface area (TPSA) is 128 Å². The number of likely N-dealkylation sites (tertiary alicyclic amines) is 1. The lowest BCUT2D eigenvalue weighted by Crippen LogP contribution is -2.38. The highest BCUT2D eigenvalue weighted by molar-refractivity contribution is 7.92. The zero-order chi connectivity index (χ0) is 23.5. The highest BCUT2D eigenvalue weighted by atomic mass is 32.2. The third-order valence-corrected chi connectivity index (χ3v) is 6.78. The second kappa shape index (κ2) is 9.43. The van der Waals surface area contributed by atoms with Crippen molar-refractivity contribution in [3.63, 3.8) is 0 Å². The van der Waals surface area contributed by atoms with Crippen LogP contribution in [0.2, 0.25) is 0 Å². The van der Waals surface area contributed by atoms with Gasteiger partial charge in [-0.05, 0) is 43.0 Å². The van der Waals surface area contributed by atoms with Crippen molar-refractivity contribution in [1.82, 2.24) is 4.90 Å². The third kappa shape index (κ3) is 4.93. The molecule has 0 spiro atoms. The van der Waals surface area contributed by atoms with Crippen molar-refractivity contribution in [2.45, 2.75) is 24.7 Å². The van der Waals surface area contributed by atoms with Crippen LogP contribution in [0.3, 0.4) is 0 Å². The highest BCUT2D eigenvalue weighted by Crippen LogP contribution is 2.32. The minimum atomic E-state index is -4.19. The predicted octanol–water partition coefficient (Wildman–Crippen LogP) is 3.28. The summed E-state index contributed by atoms with van der Waals surface area (Å²) in [4.78, 5) is 25.0. The number of nitro groups is 1. The van der Waals surface area contributed by atoms with E-state index in [2.05, 4.69) is 11.6 Å². The van der Waals surface area contributed by atoms with Gasteiger partial charge in [-0.15, -0.1) is 0 Å². The zero-order valence-corrected chi connectivity index (χ0v) is 18.8. The zero-order valence-electron chi connectivity index (χ0n) is 18.0. The van der Waals surface area contributed by atoms with Gasteiger partial charge < -0.3 is 14.4 Å². The number of benzene rings is 2. The van der Waals surface area contributed by atoms with Gasteiger partial charge in [-0.2, -0.15) is 0 Å². The number of piperidine rings is 1. The minimum absolute atomic E-state index is 0.0876. The molecule has 0 atom stereocenters. The van der Waals surface area contributed by atoms with Crippen LogP contribution in [0.5, 0.6) is 11.5 Å². The average Bonchev–Trinajstić information content (AvgIpc) is 2.78. The summed E-state index contributed by atoms with van der Waals surface area (Å²) in [5.41, 5.74) is -0.250. The lowest BCUT2D eigenvalue weighted by Gasteiger charge is -2.30. The molecule has 1 fully saturated rings. The molecule has 1 amide bonds. The number of non-ortho nitro benzene ring substituents is 1. The van der Waals surface area contributed by atoms with Gasteiger partial charge in [0.2, 0.25) is 0 Å². The predicted molar refractivity (Wildman–Crippen MR) is 118 cm³/mol. The lowest BCUT2D eigenvalue weighted by atomic mass is 9.98. The van der Waals surface area contributed by atoms with Crippen LogP contribution in [0.25, 0.3) is 0 Å². The van der Waals surface area contributed by atoms with E-state index in [1.807, 2.05) is 0 Å². The monoisotopic (exact) mass is 463 g/mol. The first-order valence-corrected chi connectivity index (χ1v) is 11.5. The molecule has 0 saturated carbocycles. The van der Waals surface area contributed by atoms with Crippen molar-refractivity contribution in [2.24, 2.45) is 5.92 Å². The average molecular weight is 464 g/mol. The Bertz CT molecular complexity index is 1130. The van der Waals surface area contributed by atoms with Crippen LogP contribution < -0.4 is 14.2 Å².